The third-order valence-corrected chi connectivity index (χ3v) is 7.49. The van der Waals surface area contributed by atoms with Crippen LogP contribution in [0.1, 0.15) is 31.2 Å². The van der Waals surface area contributed by atoms with Gasteiger partial charge in [-0.2, -0.15) is 0 Å². The lowest BCUT2D eigenvalue weighted by atomic mass is 9.98. The maximum Gasteiger partial charge on any atom is 0.259 e. The van der Waals surface area contributed by atoms with E-state index in [1.807, 2.05) is 24.4 Å². The van der Waals surface area contributed by atoms with Gasteiger partial charge in [0.1, 0.15) is 11.5 Å². The third kappa shape index (κ3) is 5.12. The number of fused-ring (bicyclic) bond motifs is 1. The highest BCUT2D eigenvalue weighted by Crippen LogP contribution is 2.38. The first-order chi connectivity index (χ1) is 17.6. The second-order valence-corrected chi connectivity index (χ2v) is 9.80. The molecule has 0 bridgehead atoms. The van der Waals surface area contributed by atoms with Crippen LogP contribution in [-0.2, 0) is 18.3 Å². The Balaban J connectivity index is 1.37. The molecule has 2 aliphatic heterocycles. The average Bonchev–Trinajstić information content (AvgIpc) is 2.92. The maximum atomic E-state index is 12.6. The van der Waals surface area contributed by atoms with E-state index in [1.54, 1.807) is 38.2 Å². The van der Waals surface area contributed by atoms with Crippen molar-refractivity contribution in [1.29, 1.82) is 0 Å². The molecule has 2 fully saturated rings. The van der Waals surface area contributed by atoms with Gasteiger partial charge in [0.2, 0.25) is 0 Å². The number of methoxy groups -OCH3 is 2. The summed E-state index contributed by atoms with van der Waals surface area (Å²) < 4.78 is 19.7. The molecule has 0 aliphatic carbocycles. The molecule has 0 radical (unpaired) electrons. The van der Waals surface area contributed by atoms with Gasteiger partial charge in [-0.05, 0) is 67.9 Å². The number of pyridine rings is 2. The van der Waals surface area contributed by atoms with E-state index in [0.717, 1.165) is 92.0 Å². The smallest absolute Gasteiger partial charge is 0.259 e. The van der Waals surface area contributed by atoms with Gasteiger partial charge in [-0.25, -0.2) is 0 Å². The molecule has 8 nitrogen and oxygen atoms in total. The van der Waals surface area contributed by atoms with Crippen LogP contribution in [0.25, 0.3) is 21.9 Å². The Morgan fingerprint density at radius 3 is 2.33 bits per heavy atom. The fourth-order valence-electron chi connectivity index (χ4n) is 5.47. The Bertz CT molecular complexity index is 1240. The van der Waals surface area contributed by atoms with E-state index in [1.165, 1.54) is 0 Å². The average molecular weight is 493 g/mol. The highest BCUT2D eigenvalue weighted by atomic mass is 16.5. The van der Waals surface area contributed by atoms with Crippen LogP contribution in [0, 0.1) is 0 Å². The zero-order valence-electron chi connectivity index (χ0n) is 21.5. The van der Waals surface area contributed by atoms with Crippen LogP contribution < -0.4 is 20.3 Å². The summed E-state index contributed by atoms with van der Waals surface area (Å²) in [6, 6.07) is 5.98. The predicted octanol–water partition coefficient (Wildman–Crippen LogP) is 3.35. The SMILES string of the molecule is COc1cc(-c2cn(C)c(=O)c3cnccc23)cc(OC)c1CN1CCC(OC2CCNCC2)CC1. The Labute approximate surface area is 212 Å². The van der Waals surface area contributed by atoms with Crippen LogP contribution >= 0.6 is 0 Å². The third-order valence-electron chi connectivity index (χ3n) is 7.49. The van der Waals surface area contributed by atoms with Gasteiger partial charge >= 0.3 is 0 Å². The van der Waals surface area contributed by atoms with E-state index in [-0.39, 0.29) is 5.56 Å². The molecule has 0 atom stereocenters. The number of aromatic nitrogens is 2. The van der Waals surface area contributed by atoms with Crippen molar-refractivity contribution >= 4 is 10.8 Å². The summed E-state index contributed by atoms with van der Waals surface area (Å²) in [4.78, 5) is 19.2. The molecule has 192 valence electrons. The maximum absolute atomic E-state index is 12.6. The molecule has 0 saturated carbocycles. The van der Waals surface area contributed by atoms with Crippen LogP contribution in [0.4, 0.5) is 0 Å². The summed E-state index contributed by atoms with van der Waals surface area (Å²) in [5, 5.41) is 4.86. The van der Waals surface area contributed by atoms with Crippen molar-refractivity contribution in [2.24, 2.45) is 7.05 Å². The van der Waals surface area contributed by atoms with Crippen molar-refractivity contribution in [2.45, 2.75) is 44.4 Å². The number of hydrogen-bond donors (Lipinski definition) is 1. The first-order valence-corrected chi connectivity index (χ1v) is 12.8. The van der Waals surface area contributed by atoms with E-state index in [9.17, 15) is 4.79 Å². The van der Waals surface area contributed by atoms with Crippen LogP contribution in [0.2, 0.25) is 0 Å². The van der Waals surface area contributed by atoms with E-state index in [0.29, 0.717) is 17.6 Å². The molecule has 4 heterocycles. The number of nitrogens with zero attached hydrogens (tertiary/aromatic N) is 3. The van der Waals surface area contributed by atoms with Crippen molar-refractivity contribution < 1.29 is 14.2 Å². The summed E-state index contributed by atoms with van der Waals surface area (Å²) in [5.74, 6) is 1.57. The fourth-order valence-corrected chi connectivity index (χ4v) is 5.47. The molecule has 0 spiro atoms. The van der Waals surface area contributed by atoms with Gasteiger partial charge in [0.05, 0.1) is 37.4 Å². The summed E-state index contributed by atoms with van der Waals surface area (Å²) in [6.07, 6.45) is 10.3. The summed E-state index contributed by atoms with van der Waals surface area (Å²) in [7, 11) is 5.16. The number of rotatable bonds is 7. The standard InChI is InChI=1S/C28H36N4O4/c1-31-17-24(22-6-11-30-16-23(22)28(31)33)19-14-26(34-2)25(27(15-19)35-3)18-32-12-7-21(8-13-32)36-20-4-9-29-10-5-20/h6,11,14-17,20-21,29H,4-5,7-10,12-13,18H2,1-3H3. The van der Waals surface area contributed by atoms with Crippen molar-refractivity contribution in [3.8, 4) is 22.6 Å². The minimum atomic E-state index is -0.0649. The lowest BCUT2D eigenvalue weighted by molar-refractivity contribution is -0.0540. The van der Waals surface area contributed by atoms with Crippen LogP contribution in [-0.4, -0.2) is 67.1 Å². The van der Waals surface area contributed by atoms with Crippen molar-refractivity contribution in [3.63, 3.8) is 0 Å². The fraction of sp³-hybridized carbons (Fsp3) is 0.500. The molecular formula is C28H36N4O4. The number of ether oxygens (including phenoxy) is 3. The quantitative estimate of drug-likeness (QED) is 0.542. The molecule has 1 aromatic carbocycles. The molecule has 8 heteroatoms. The van der Waals surface area contributed by atoms with Crippen LogP contribution in [0.3, 0.4) is 0 Å². The van der Waals surface area contributed by atoms with Crippen molar-refractivity contribution in [3.05, 3.63) is 52.7 Å². The number of aryl methyl sites for hydroxylation is 1. The van der Waals surface area contributed by atoms with Gasteiger partial charge in [0.25, 0.3) is 5.56 Å². The van der Waals surface area contributed by atoms with Crippen LogP contribution in [0.5, 0.6) is 11.5 Å². The van der Waals surface area contributed by atoms with Gasteiger partial charge in [0.15, 0.2) is 0 Å². The normalized spacial score (nSPS) is 18.0. The molecule has 0 amide bonds. The second kappa shape index (κ2) is 11.0. The minimum Gasteiger partial charge on any atom is -0.496 e. The zero-order valence-corrected chi connectivity index (χ0v) is 21.5. The number of likely N-dealkylation sites (tertiary alicyclic amines) is 1. The van der Waals surface area contributed by atoms with E-state index in [4.69, 9.17) is 14.2 Å². The zero-order chi connectivity index (χ0) is 25.1. The molecule has 2 aromatic heterocycles. The number of benzene rings is 1. The van der Waals surface area contributed by atoms with E-state index < -0.39 is 0 Å². The van der Waals surface area contributed by atoms with Crippen molar-refractivity contribution in [2.75, 3.05) is 40.4 Å². The second-order valence-electron chi connectivity index (χ2n) is 9.80. The number of nitrogens with one attached hydrogen (secondary N) is 1. The first kappa shape index (κ1) is 24.7. The Morgan fingerprint density at radius 2 is 1.67 bits per heavy atom. The molecule has 5 rings (SSSR count). The molecular weight excluding hydrogens is 456 g/mol. The summed E-state index contributed by atoms with van der Waals surface area (Å²) in [5.41, 5.74) is 2.85. The van der Waals surface area contributed by atoms with E-state index in [2.05, 4.69) is 15.2 Å². The molecule has 36 heavy (non-hydrogen) atoms. The van der Waals surface area contributed by atoms with E-state index >= 15 is 0 Å². The number of hydrogen-bond acceptors (Lipinski definition) is 7. The predicted molar refractivity (Wildman–Crippen MR) is 141 cm³/mol. The summed E-state index contributed by atoms with van der Waals surface area (Å²) >= 11 is 0. The Morgan fingerprint density at radius 1 is 1.00 bits per heavy atom. The summed E-state index contributed by atoms with van der Waals surface area (Å²) in [6.45, 7) is 4.85. The van der Waals surface area contributed by atoms with Gasteiger partial charge < -0.3 is 24.1 Å². The topological polar surface area (TPSA) is 77.9 Å². The first-order valence-electron chi connectivity index (χ1n) is 12.8. The monoisotopic (exact) mass is 492 g/mol. The molecule has 2 saturated heterocycles. The van der Waals surface area contributed by atoms with Crippen LogP contribution in [0.15, 0.2) is 41.6 Å². The molecule has 3 aromatic rings. The highest BCUT2D eigenvalue weighted by Gasteiger charge is 2.26. The molecule has 2 aliphatic rings. The Kier molecular flexibility index (Phi) is 7.55. The van der Waals surface area contributed by atoms with Gasteiger partial charge in [-0.15, -0.1) is 0 Å². The highest BCUT2D eigenvalue weighted by molar-refractivity contribution is 5.95. The number of piperidine rings is 2. The van der Waals surface area contributed by atoms with Crippen molar-refractivity contribution in [1.82, 2.24) is 19.8 Å². The van der Waals surface area contributed by atoms with Gasteiger partial charge in [-0.1, -0.05) is 0 Å². The van der Waals surface area contributed by atoms with Gasteiger partial charge in [-0.3, -0.25) is 14.7 Å². The van der Waals surface area contributed by atoms with Gasteiger partial charge in [0, 0.05) is 50.8 Å². The lowest BCUT2D eigenvalue weighted by Gasteiger charge is -2.35. The minimum absolute atomic E-state index is 0.0649. The largest absolute Gasteiger partial charge is 0.496 e. The Hall–Kier alpha value is -2.94. The lowest BCUT2D eigenvalue weighted by Crippen LogP contribution is -2.40. The molecule has 0 unspecified atom stereocenters. The molecule has 1 N–H and O–H groups in total.